The van der Waals surface area contributed by atoms with Crippen LogP contribution in [-0.4, -0.2) is 28.0 Å². The van der Waals surface area contributed by atoms with Gasteiger partial charge in [0.2, 0.25) is 11.8 Å². The van der Waals surface area contributed by atoms with E-state index >= 15 is 0 Å². The van der Waals surface area contributed by atoms with Crippen molar-refractivity contribution in [1.29, 1.82) is 0 Å². The van der Waals surface area contributed by atoms with Gasteiger partial charge in [0.25, 0.3) is 0 Å². The molecule has 0 aliphatic rings. The number of hydrogen-bond donors (Lipinski definition) is 1. The predicted molar refractivity (Wildman–Crippen MR) is 121 cm³/mol. The number of benzene rings is 2. The third-order valence-corrected chi connectivity index (χ3v) is 5.63. The molecule has 0 bridgehead atoms. The van der Waals surface area contributed by atoms with Gasteiger partial charge in [-0.25, -0.2) is 0 Å². The molecule has 0 aliphatic carbocycles. The van der Waals surface area contributed by atoms with E-state index in [9.17, 15) is 9.59 Å². The molecule has 2 aromatic carbocycles. The molecule has 0 unspecified atom stereocenters. The molecule has 0 spiro atoms. The van der Waals surface area contributed by atoms with Crippen LogP contribution in [0.25, 0.3) is 0 Å². The summed E-state index contributed by atoms with van der Waals surface area (Å²) in [5.41, 5.74) is 2.98. The first kappa shape index (κ1) is 21.6. The number of carbonyl (C=O) groups is 2. The van der Waals surface area contributed by atoms with Gasteiger partial charge in [0.1, 0.15) is 5.76 Å². The fourth-order valence-corrected chi connectivity index (χ4v) is 3.65. The van der Waals surface area contributed by atoms with Crippen LogP contribution in [0.4, 0.5) is 11.5 Å². The highest BCUT2D eigenvalue weighted by molar-refractivity contribution is 8.01. The van der Waals surface area contributed by atoms with E-state index in [1.54, 1.807) is 24.8 Å². The van der Waals surface area contributed by atoms with Gasteiger partial charge in [-0.2, -0.15) is 0 Å². The Balaban J connectivity index is 1.65. The summed E-state index contributed by atoms with van der Waals surface area (Å²) in [4.78, 5) is 27.2. The van der Waals surface area contributed by atoms with Crippen LogP contribution in [0.1, 0.15) is 23.8 Å². The van der Waals surface area contributed by atoms with Crippen molar-refractivity contribution in [1.82, 2.24) is 5.16 Å². The summed E-state index contributed by atoms with van der Waals surface area (Å²) in [5, 5.41) is 6.06. The fourth-order valence-electron chi connectivity index (χ4n) is 2.89. The third kappa shape index (κ3) is 5.97. The summed E-state index contributed by atoms with van der Waals surface area (Å²) in [7, 11) is 0. The minimum absolute atomic E-state index is 0.0496. The predicted octanol–water partition coefficient (Wildman–Crippen LogP) is 4.59. The highest BCUT2D eigenvalue weighted by Crippen LogP contribution is 2.22. The Morgan fingerprint density at radius 1 is 1.10 bits per heavy atom. The number of nitrogens with zero attached hydrogens (tertiary/aromatic N) is 2. The number of hydrogen-bond acceptors (Lipinski definition) is 5. The Morgan fingerprint density at radius 3 is 2.53 bits per heavy atom. The lowest BCUT2D eigenvalue weighted by atomic mass is 10.1. The molecule has 1 heterocycles. The van der Waals surface area contributed by atoms with Gasteiger partial charge in [0, 0.05) is 11.8 Å². The number of anilines is 2. The molecule has 3 rings (SSSR count). The fraction of sp³-hybridized carbons (Fsp3) is 0.261. The van der Waals surface area contributed by atoms with Crippen LogP contribution in [0.15, 0.2) is 65.2 Å². The molecule has 30 heavy (non-hydrogen) atoms. The van der Waals surface area contributed by atoms with E-state index in [0.717, 1.165) is 16.8 Å². The second-order valence-electron chi connectivity index (χ2n) is 7.07. The van der Waals surface area contributed by atoms with E-state index in [0.29, 0.717) is 18.1 Å². The molecule has 2 amide bonds. The second kappa shape index (κ2) is 10.1. The topological polar surface area (TPSA) is 75.4 Å². The standard InChI is InChI=1S/C23H25N3O3S/c1-16-8-7-11-20(12-16)26(14-19-9-5-4-6-10-19)22(27)15-30-18(3)23(28)24-21-13-17(2)29-25-21/h4-13,18H,14-15H2,1-3H3,(H,24,25,28)/t18-/m1/s1. The lowest BCUT2D eigenvalue weighted by Crippen LogP contribution is -2.33. The Kier molecular flexibility index (Phi) is 7.30. The zero-order valence-electron chi connectivity index (χ0n) is 17.3. The van der Waals surface area contributed by atoms with Crippen molar-refractivity contribution in [3.63, 3.8) is 0 Å². The van der Waals surface area contributed by atoms with Crippen molar-refractivity contribution in [2.45, 2.75) is 32.6 Å². The number of carbonyl (C=O) groups excluding carboxylic acids is 2. The zero-order valence-corrected chi connectivity index (χ0v) is 18.1. The first-order valence-corrected chi connectivity index (χ1v) is 10.7. The highest BCUT2D eigenvalue weighted by atomic mass is 32.2. The van der Waals surface area contributed by atoms with E-state index in [2.05, 4.69) is 10.5 Å². The molecular weight excluding hydrogens is 398 g/mol. The first-order chi connectivity index (χ1) is 14.4. The first-order valence-electron chi connectivity index (χ1n) is 9.69. The van der Waals surface area contributed by atoms with Gasteiger partial charge in [0.15, 0.2) is 5.82 Å². The average Bonchev–Trinajstić information content (AvgIpc) is 3.15. The lowest BCUT2D eigenvalue weighted by molar-refractivity contribution is -0.116. The molecule has 1 atom stereocenters. The molecule has 1 aromatic heterocycles. The van der Waals surface area contributed by atoms with E-state index in [1.165, 1.54) is 11.8 Å². The maximum atomic E-state index is 13.1. The molecule has 0 aliphatic heterocycles. The van der Waals surface area contributed by atoms with Crippen LogP contribution in [0.5, 0.6) is 0 Å². The minimum atomic E-state index is -0.415. The van der Waals surface area contributed by atoms with E-state index in [1.807, 2.05) is 61.5 Å². The molecule has 0 radical (unpaired) electrons. The Labute approximate surface area is 180 Å². The van der Waals surface area contributed by atoms with E-state index < -0.39 is 5.25 Å². The van der Waals surface area contributed by atoms with E-state index in [-0.39, 0.29) is 17.6 Å². The van der Waals surface area contributed by atoms with Crippen molar-refractivity contribution < 1.29 is 14.1 Å². The van der Waals surface area contributed by atoms with Crippen LogP contribution >= 0.6 is 11.8 Å². The number of aryl methyl sites for hydroxylation is 2. The largest absolute Gasteiger partial charge is 0.360 e. The third-order valence-electron chi connectivity index (χ3n) is 4.50. The van der Waals surface area contributed by atoms with Crippen molar-refractivity contribution in [2.75, 3.05) is 16.0 Å². The average molecular weight is 424 g/mol. The van der Waals surface area contributed by atoms with Crippen LogP contribution < -0.4 is 10.2 Å². The SMILES string of the molecule is Cc1cccc(N(Cc2ccccc2)C(=O)CS[C@H](C)C(=O)Nc2cc(C)on2)c1. The quantitative estimate of drug-likeness (QED) is 0.574. The summed E-state index contributed by atoms with van der Waals surface area (Å²) in [6.45, 7) is 6.00. The maximum Gasteiger partial charge on any atom is 0.238 e. The van der Waals surface area contributed by atoms with Gasteiger partial charge in [-0.15, -0.1) is 11.8 Å². The van der Waals surface area contributed by atoms with Gasteiger partial charge in [0.05, 0.1) is 17.5 Å². The van der Waals surface area contributed by atoms with Crippen LogP contribution in [0, 0.1) is 13.8 Å². The smallest absolute Gasteiger partial charge is 0.238 e. The van der Waals surface area contributed by atoms with E-state index in [4.69, 9.17) is 4.52 Å². The van der Waals surface area contributed by atoms with Gasteiger partial charge >= 0.3 is 0 Å². The summed E-state index contributed by atoms with van der Waals surface area (Å²) in [5.74, 6) is 0.919. The van der Waals surface area contributed by atoms with Crippen LogP contribution in [-0.2, 0) is 16.1 Å². The minimum Gasteiger partial charge on any atom is -0.360 e. The van der Waals surface area contributed by atoms with Crippen LogP contribution in [0.3, 0.4) is 0 Å². The monoisotopic (exact) mass is 423 g/mol. The van der Waals surface area contributed by atoms with Gasteiger partial charge in [-0.1, -0.05) is 47.6 Å². The number of thioether (sulfide) groups is 1. The maximum absolute atomic E-state index is 13.1. The number of amides is 2. The molecule has 1 N–H and O–H groups in total. The second-order valence-corrected chi connectivity index (χ2v) is 8.40. The summed E-state index contributed by atoms with van der Waals surface area (Å²) in [6.07, 6.45) is 0. The van der Waals surface area contributed by atoms with Gasteiger partial charge < -0.3 is 14.7 Å². The van der Waals surface area contributed by atoms with Crippen LogP contribution in [0.2, 0.25) is 0 Å². The lowest BCUT2D eigenvalue weighted by Gasteiger charge is -2.24. The normalized spacial score (nSPS) is 11.7. The summed E-state index contributed by atoms with van der Waals surface area (Å²) >= 11 is 1.29. The molecule has 0 saturated carbocycles. The molecule has 0 fully saturated rings. The van der Waals surface area contributed by atoms with Crippen molar-refractivity contribution in [3.8, 4) is 0 Å². The molecular formula is C23H25N3O3S. The highest BCUT2D eigenvalue weighted by Gasteiger charge is 2.21. The zero-order chi connectivity index (χ0) is 21.5. The summed E-state index contributed by atoms with van der Waals surface area (Å²) in [6, 6.07) is 19.4. The number of aromatic nitrogens is 1. The Bertz CT molecular complexity index is 1000. The van der Waals surface area contributed by atoms with Crippen molar-refractivity contribution in [2.24, 2.45) is 0 Å². The van der Waals surface area contributed by atoms with Gasteiger partial charge in [-0.3, -0.25) is 9.59 Å². The van der Waals surface area contributed by atoms with Crippen molar-refractivity contribution in [3.05, 3.63) is 77.6 Å². The Morgan fingerprint density at radius 2 is 1.87 bits per heavy atom. The van der Waals surface area contributed by atoms with Crippen molar-refractivity contribution >= 4 is 35.1 Å². The Hall–Kier alpha value is -3.06. The molecule has 156 valence electrons. The molecule has 6 nitrogen and oxygen atoms in total. The molecule has 3 aromatic rings. The molecule has 0 saturated heterocycles. The number of nitrogens with one attached hydrogen (secondary N) is 1. The van der Waals surface area contributed by atoms with Gasteiger partial charge in [-0.05, 0) is 44.0 Å². The molecule has 7 heteroatoms. The summed E-state index contributed by atoms with van der Waals surface area (Å²) < 4.78 is 4.96. The number of rotatable bonds is 8.